The van der Waals surface area contributed by atoms with Crippen molar-refractivity contribution in [1.82, 2.24) is 5.32 Å². The Morgan fingerprint density at radius 1 is 1.35 bits per heavy atom. The average molecular weight is 343 g/mol. The summed E-state index contributed by atoms with van der Waals surface area (Å²) >= 11 is 3.26. The van der Waals surface area contributed by atoms with Crippen molar-refractivity contribution in [3.05, 3.63) is 28.2 Å². The Hall–Kier alpha value is -1.60. The standard InChI is InChI=1S/C13H15BrN2O4/c14-10-2-1-8(15)7-9(10)11(17)16-13(12(18)19)3-5-20-6-4-13/h1-2,7H,3-6,15H2,(H,16,17)(H,18,19). The van der Waals surface area contributed by atoms with E-state index >= 15 is 0 Å². The molecule has 6 nitrogen and oxygen atoms in total. The van der Waals surface area contributed by atoms with E-state index in [2.05, 4.69) is 21.2 Å². The predicted molar refractivity (Wildman–Crippen MR) is 76.4 cm³/mol. The number of anilines is 1. The summed E-state index contributed by atoms with van der Waals surface area (Å²) in [4.78, 5) is 23.8. The summed E-state index contributed by atoms with van der Waals surface area (Å²) in [7, 11) is 0. The van der Waals surface area contributed by atoms with Crippen molar-refractivity contribution in [2.75, 3.05) is 18.9 Å². The maximum atomic E-state index is 12.3. The number of nitrogens with two attached hydrogens (primary N) is 1. The van der Waals surface area contributed by atoms with E-state index in [0.29, 0.717) is 28.9 Å². The Bertz CT molecular complexity index is 541. The van der Waals surface area contributed by atoms with Gasteiger partial charge in [-0.15, -0.1) is 0 Å². The van der Waals surface area contributed by atoms with Gasteiger partial charge in [0.1, 0.15) is 5.54 Å². The minimum absolute atomic E-state index is 0.244. The van der Waals surface area contributed by atoms with Crippen molar-refractivity contribution in [3.8, 4) is 0 Å². The molecule has 108 valence electrons. The summed E-state index contributed by atoms with van der Waals surface area (Å²) in [5, 5.41) is 12.0. The fourth-order valence-corrected chi connectivity index (χ4v) is 2.54. The number of halogens is 1. The summed E-state index contributed by atoms with van der Waals surface area (Å²) in [5.74, 6) is -1.51. The van der Waals surface area contributed by atoms with Gasteiger partial charge in [0.15, 0.2) is 0 Å². The number of hydrogen-bond acceptors (Lipinski definition) is 4. The molecule has 0 atom stereocenters. The summed E-state index contributed by atoms with van der Waals surface area (Å²) in [6, 6.07) is 4.82. The average Bonchev–Trinajstić information content (AvgIpc) is 2.42. The lowest BCUT2D eigenvalue weighted by molar-refractivity contribution is -0.148. The van der Waals surface area contributed by atoms with Crippen LogP contribution >= 0.6 is 15.9 Å². The van der Waals surface area contributed by atoms with Crippen molar-refractivity contribution in [2.24, 2.45) is 0 Å². The van der Waals surface area contributed by atoms with Gasteiger partial charge in [0, 0.05) is 36.2 Å². The number of nitrogen functional groups attached to an aromatic ring is 1. The molecule has 1 heterocycles. The molecule has 0 radical (unpaired) electrons. The number of hydrogen-bond donors (Lipinski definition) is 3. The van der Waals surface area contributed by atoms with Gasteiger partial charge in [-0.05, 0) is 34.1 Å². The van der Waals surface area contributed by atoms with E-state index in [-0.39, 0.29) is 12.8 Å². The highest BCUT2D eigenvalue weighted by Crippen LogP contribution is 2.24. The fraction of sp³-hybridized carbons (Fsp3) is 0.385. The number of amides is 1. The second-order valence-electron chi connectivity index (χ2n) is 4.69. The maximum Gasteiger partial charge on any atom is 0.329 e. The SMILES string of the molecule is Nc1ccc(Br)c(C(=O)NC2(C(=O)O)CCOCC2)c1. The molecule has 0 spiro atoms. The second-order valence-corrected chi connectivity index (χ2v) is 5.55. The molecule has 1 aromatic carbocycles. The molecule has 0 bridgehead atoms. The van der Waals surface area contributed by atoms with Gasteiger partial charge < -0.3 is 20.9 Å². The third kappa shape index (κ3) is 2.94. The Morgan fingerprint density at radius 2 is 2.00 bits per heavy atom. The summed E-state index contributed by atoms with van der Waals surface area (Å²) in [6.07, 6.45) is 0.488. The first kappa shape index (κ1) is 14.8. The van der Waals surface area contributed by atoms with E-state index in [1.54, 1.807) is 12.1 Å². The Morgan fingerprint density at radius 3 is 2.60 bits per heavy atom. The van der Waals surface area contributed by atoms with Gasteiger partial charge in [0.2, 0.25) is 0 Å². The molecule has 0 aromatic heterocycles. The molecule has 2 rings (SSSR count). The first-order chi connectivity index (χ1) is 9.44. The van der Waals surface area contributed by atoms with Gasteiger partial charge in [0.05, 0.1) is 5.56 Å². The first-order valence-corrected chi connectivity index (χ1v) is 6.93. The quantitative estimate of drug-likeness (QED) is 0.720. The first-order valence-electron chi connectivity index (χ1n) is 6.13. The van der Waals surface area contributed by atoms with Crippen LogP contribution in [0.2, 0.25) is 0 Å². The molecule has 0 saturated carbocycles. The minimum Gasteiger partial charge on any atom is -0.480 e. The number of nitrogens with one attached hydrogen (secondary N) is 1. The van der Waals surface area contributed by atoms with E-state index in [4.69, 9.17) is 10.5 Å². The highest BCUT2D eigenvalue weighted by molar-refractivity contribution is 9.10. The summed E-state index contributed by atoms with van der Waals surface area (Å²) in [6.45, 7) is 0.620. The molecular formula is C13H15BrN2O4. The van der Waals surface area contributed by atoms with E-state index in [0.717, 1.165) is 0 Å². The van der Waals surface area contributed by atoms with Crippen molar-refractivity contribution in [3.63, 3.8) is 0 Å². The van der Waals surface area contributed by atoms with Crippen LogP contribution in [0.1, 0.15) is 23.2 Å². The van der Waals surface area contributed by atoms with Crippen LogP contribution in [-0.2, 0) is 9.53 Å². The lowest BCUT2D eigenvalue weighted by Gasteiger charge is -2.34. The van der Waals surface area contributed by atoms with Crippen molar-refractivity contribution in [1.29, 1.82) is 0 Å². The molecule has 1 fully saturated rings. The minimum atomic E-state index is -1.28. The molecule has 1 aromatic rings. The highest BCUT2D eigenvalue weighted by atomic mass is 79.9. The number of carboxylic acid groups (broad SMARTS) is 1. The fourth-order valence-electron chi connectivity index (χ4n) is 2.11. The molecule has 1 aliphatic heterocycles. The highest BCUT2D eigenvalue weighted by Gasteiger charge is 2.41. The van der Waals surface area contributed by atoms with Crippen molar-refractivity contribution >= 4 is 33.5 Å². The zero-order valence-corrected chi connectivity index (χ0v) is 12.3. The molecule has 7 heteroatoms. The lowest BCUT2D eigenvalue weighted by atomic mass is 9.89. The number of carbonyl (C=O) groups excluding carboxylic acids is 1. The van der Waals surface area contributed by atoms with E-state index in [9.17, 15) is 14.7 Å². The number of benzene rings is 1. The molecular weight excluding hydrogens is 328 g/mol. The maximum absolute atomic E-state index is 12.3. The molecule has 1 aliphatic rings. The molecule has 1 amide bonds. The molecule has 1 saturated heterocycles. The smallest absolute Gasteiger partial charge is 0.329 e. The van der Waals surface area contributed by atoms with Gasteiger partial charge in [-0.2, -0.15) is 0 Å². The number of carboxylic acids is 1. The van der Waals surface area contributed by atoms with Gasteiger partial charge in [-0.1, -0.05) is 0 Å². The van der Waals surface area contributed by atoms with E-state index < -0.39 is 17.4 Å². The number of ether oxygens (including phenoxy) is 1. The third-order valence-electron chi connectivity index (χ3n) is 3.34. The second kappa shape index (κ2) is 5.80. The molecule has 20 heavy (non-hydrogen) atoms. The largest absolute Gasteiger partial charge is 0.480 e. The molecule has 0 unspecified atom stereocenters. The van der Waals surface area contributed by atoms with Crippen LogP contribution in [-0.4, -0.2) is 35.7 Å². The van der Waals surface area contributed by atoms with Gasteiger partial charge in [-0.3, -0.25) is 4.79 Å². The Kier molecular flexibility index (Phi) is 4.29. The van der Waals surface area contributed by atoms with Crippen LogP contribution in [0.15, 0.2) is 22.7 Å². The van der Waals surface area contributed by atoms with Gasteiger partial charge in [0.25, 0.3) is 5.91 Å². The van der Waals surface area contributed by atoms with Gasteiger partial charge in [-0.25, -0.2) is 4.79 Å². The van der Waals surface area contributed by atoms with Crippen LogP contribution in [0.5, 0.6) is 0 Å². The van der Waals surface area contributed by atoms with Crippen LogP contribution in [0.3, 0.4) is 0 Å². The lowest BCUT2D eigenvalue weighted by Crippen LogP contribution is -2.57. The van der Waals surface area contributed by atoms with Crippen molar-refractivity contribution in [2.45, 2.75) is 18.4 Å². The summed E-state index contributed by atoms with van der Waals surface area (Å²) in [5.41, 5.74) is 5.13. The van der Waals surface area contributed by atoms with Crippen LogP contribution < -0.4 is 11.1 Å². The number of carbonyl (C=O) groups is 2. The zero-order chi connectivity index (χ0) is 14.8. The predicted octanol–water partition coefficient (Wildman–Crippen LogP) is 1.39. The summed E-state index contributed by atoms with van der Waals surface area (Å²) < 4.78 is 5.73. The topological polar surface area (TPSA) is 102 Å². The number of rotatable bonds is 3. The van der Waals surface area contributed by atoms with Gasteiger partial charge >= 0.3 is 5.97 Å². The molecule has 0 aliphatic carbocycles. The monoisotopic (exact) mass is 342 g/mol. The van der Waals surface area contributed by atoms with E-state index in [1.807, 2.05) is 0 Å². The van der Waals surface area contributed by atoms with Crippen molar-refractivity contribution < 1.29 is 19.4 Å². The molecule has 4 N–H and O–H groups in total. The van der Waals surface area contributed by atoms with Crippen LogP contribution in [0, 0.1) is 0 Å². The third-order valence-corrected chi connectivity index (χ3v) is 4.04. The number of aliphatic carboxylic acids is 1. The van der Waals surface area contributed by atoms with Crippen LogP contribution in [0.4, 0.5) is 5.69 Å². The zero-order valence-electron chi connectivity index (χ0n) is 10.7. The Balaban J connectivity index is 2.24. The Labute approximate surface area is 124 Å². The van der Waals surface area contributed by atoms with Crippen LogP contribution in [0.25, 0.3) is 0 Å². The van der Waals surface area contributed by atoms with E-state index in [1.165, 1.54) is 6.07 Å². The normalized spacial score (nSPS) is 17.4.